The molecule has 2 aromatic carbocycles. The molecule has 0 aliphatic carbocycles. The van der Waals surface area contributed by atoms with Crippen LogP contribution in [0.15, 0.2) is 42.5 Å². The lowest BCUT2D eigenvalue weighted by Gasteiger charge is -2.10. The molecule has 0 aliphatic heterocycles. The lowest BCUT2D eigenvalue weighted by Crippen LogP contribution is -2.17. The average Bonchev–Trinajstić information content (AvgIpc) is 2.38. The summed E-state index contributed by atoms with van der Waals surface area (Å²) in [4.78, 5) is 23.3. The molecule has 0 unspecified atom stereocenters. The van der Waals surface area contributed by atoms with Crippen molar-refractivity contribution in [1.82, 2.24) is 0 Å². The third kappa shape index (κ3) is 2.71. The second kappa shape index (κ2) is 5.61. The van der Waals surface area contributed by atoms with Gasteiger partial charge in [-0.3, -0.25) is 9.59 Å². The molecular weight excluding hydrogens is 264 g/mol. The quantitative estimate of drug-likeness (QED) is 0.872. The average molecular weight is 275 g/mol. The fraction of sp³-hybridized carbons (Fsp3) is 0.0667. The smallest absolute Gasteiger partial charge is 0.261 e. The number of carbonyl (C=O) groups excluding carboxylic acids is 2. The van der Waals surface area contributed by atoms with Crippen LogP contribution in [0.1, 0.15) is 27.6 Å². The maximum Gasteiger partial charge on any atom is 0.261 e. The molecule has 0 saturated heterocycles. The number of Topliss-reactive ketones (excluding diaryl/α,β-unsaturated/α-hetero) is 1. The number of anilines is 1. The highest BCUT2D eigenvalue weighted by molar-refractivity contribution is 6.09. The Bertz CT molecular complexity index is 663. The van der Waals surface area contributed by atoms with Crippen molar-refractivity contribution in [3.8, 4) is 0 Å². The first-order chi connectivity index (χ1) is 9.50. The summed E-state index contributed by atoms with van der Waals surface area (Å²) in [5, 5.41) is 2.35. The number of hydrogen-bond donors (Lipinski definition) is 1. The Morgan fingerprint density at radius 3 is 2.15 bits per heavy atom. The zero-order valence-electron chi connectivity index (χ0n) is 10.6. The summed E-state index contributed by atoms with van der Waals surface area (Å²) in [6.45, 7) is 1.34. The topological polar surface area (TPSA) is 46.2 Å². The van der Waals surface area contributed by atoms with Crippen LogP contribution in [0.5, 0.6) is 0 Å². The van der Waals surface area contributed by atoms with E-state index < -0.39 is 23.1 Å². The standard InChI is InChI=1S/C15H11F2NO2/c1-9(19)10-5-2-3-8-13(10)18-15(20)14-11(16)6-4-7-12(14)17/h2-8H,1H3,(H,18,20). The molecule has 1 N–H and O–H groups in total. The van der Waals surface area contributed by atoms with E-state index in [1.165, 1.54) is 25.1 Å². The number of benzene rings is 2. The number of ketones is 1. The molecule has 2 aromatic rings. The van der Waals surface area contributed by atoms with Crippen LogP contribution < -0.4 is 5.32 Å². The molecule has 102 valence electrons. The van der Waals surface area contributed by atoms with Gasteiger partial charge in [0.05, 0.1) is 5.69 Å². The van der Waals surface area contributed by atoms with Gasteiger partial charge in [0.15, 0.2) is 5.78 Å². The predicted octanol–water partition coefficient (Wildman–Crippen LogP) is 3.42. The van der Waals surface area contributed by atoms with Crippen LogP contribution in [0.4, 0.5) is 14.5 Å². The van der Waals surface area contributed by atoms with Gasteiger partial charge in [-0.2, -0.15) is 0 Å². The largest absolute Gasteiger partial charge is 0.321 e. The van der Waals surface area contributed by atoms with Crippen molar-refractivity contribution in [1.29, 1.82) is 0 Å². The number of amides is 1. The first-order valence-electron chi connectivity index (χ1n) is 5.86. The van der Waals surface area contributed by atoms with Crippen LogP contribution in [-0.4, -0.2) is 11.7 Å². The van der Waals surface area contributed by atoms with Crippen molar-refractivity contribution in [3.63, 3.8) is 0 Å². The maximum atomic E-state index is 13.5. The van der Waals surface area contributed by atoms with Crippen LogP contribution >= 0.6 is 0 Å². The van der Waals surface area contributed by atoms with Gasteiger partial charge in [0.25, 0.3) is 5.91 Å². The lowest BCUT2D eigenvalue weighted by molar-refractivity contribution is 0.101. The minimum atomic E-state index is -0.956. The number of hydrogen-bond acceptors (Lipinski definition) is 2. The third-order valence-corrected chi connectivity index (χ3v) is 2.74. The van der Waals surface area contributed by atoms with Crippen molar-refractivity contribution in [2.24, 2.45) is 0 Å². The van der Waals surface area contributed by atoms with Gasteiger partial charge < -0.3 is 5.32 Å². The Hall–Kier alpha value is -2.56. The fourth-order valence-corrected chi connectivity index (χ4v) is 1.80. The lowest BCUT2D eigenvalue weighted by atomic mass is 10.1. The van der Waals surface area contributed by atoms with E-state index in [0.29, 0.717) is 0 Å². The molecule has 0 saturated carbocycles. The van der Waals surface area contributed by atoms with Crippen molar-refractivity contribution in [2.75, 3.05) is 5.32 Å². The third-order valence-electron chi connectivity index (χ3n) is 2.74. The number of nitrogens with one attached hydrogen (secondary N) is 1. The number of rotatable bonds is 3. The zero-order valence-corrected chi connectivity index (χ0v) is 10.6. The summed E-state index contributed by atoms with van der Waals surface area (Å²) in [5.74, 6) is -3.10. The van der Waals surface area contributed by atoms with Crippen molar-refractivity contribution < 1.29 is 18.4 Å². The van der Waals surface area contributed by atoms with Crippen molar-refractivity contribution >= 4 is 17.4 Å². The van der Waals surface area contributed by atoms with Gasteiger partial charge in [-0.25, -0.2) is 8.78 Å². The minimum absolute atomic E-state index is 0.215. The molecule has 0 spiro atoms. The van der Waals surface area contributed by atoms with Gasteiger partial charge in [-0.1, -0.05) is 18.2 Å². The van der Waals surface area contributed by atoms with E-state index >= 15 is 0 Å². The molecule has 0 aliphatic rings. The van der Waals surface area contributed by atoms with Gasteiger partial charge in [-0.15, -0.1) is 0 Å². The molecule has 5 heteroatoms. The van der Waals surface area contributed by atoms with E-state index in [2.05, 4.69) is 5.32 Å². The highest BCUT2D eigenvalue weighted by atomic mass is 19.1. The summed E-state index contributed by atoms with van der Waals surface area (Å²) in [7, 11) is 0. The highest BCUT2D eigenvalue weighted by Crippen LogP contribution is 2.19. The van der Waals surface area contributed by atoms with E-state index in [1.807, 2.05) is 0 Å². The summed E-state index contributed by atoms with van der Waals surface area (Å²) in [6.07, 6.45) is 0. The first-order valence-corrected chi connectivity index (χ1v) is 5.86. The number of para-hydroxylation sites is 1. The Morgan fingerprint density at radius 2 is 1.55 bits per heavy atom. The molecule has 0 fully saturated rings. The highest BCUT2D eigenvalue weighted by Gasteiger charge is 2.18. The maximum absolute atomic E-state index is 13.5. The Labute approximate surface area is 114 Å². The monoisotopic (exact) mass is 275 g/mol. The second-order valence-electron chi connectivity index (χ2n) is 4.15. The summed E-state index contributed by atoms with van der Waals surface area (Å²) in [5.41, 5.74) is -0.184. The van der Waals surface area contributed by atoms with Gasteiger partial charge in [-0.05, 0) is 31.2 Å². The van der Waals surface area contributed by atoms with E-state index in [1.54, 1.807) is 12.1 Å². The van der Waals surface area contributed by atoms with Gasteiger partial charge in [0.1, 0.15) is 17.2 Å². The van der Waals surface area contributed by atoms with Crippen molar-refractivity contribution in [2.45, 2.75) is 6.92 Å². The molecule has 0 atom stereocenters. The summed E-state index contributed by atoms with van der Waals surface area (Å²) < 4.78 is 27.0. The van der Waals surface area contributed by atoms with Crippen LogP contribution in [0.25, 0.3) is 0 Å². The van der Waals surface area contributed by atoms with Gasteiger partial charge in [0.2, 0.25) is 0 Å². The molecular formula is C15H11F2NO2. The second-order valence-corrected chi connectivity index (χ2v) is 4.15. The van der Waals surface area contributed by atoms with E-state index in [0.717, 1.165) is 12.1 Å². The van der Waals surface area contributed by atoms with Crippen LogP contribution in [-0.2, 0) is 0 Å². The Balaban J connectivity index is 2.36. The number of carbonyl (C=O) groups is 2. The fourth-order valence-electron chi connectivity index (χ4n) is 1.80. The molecule has 0 radical (unpaired) electrons. The van der Waals surface area contributed by atoms with Crippen LogP contribution in [0, 0.1) is 11.6 Å². The minimum Gasteiger partial charge on any atom is -0.321 e. The molecule has 3 nitrogen and oxygen atoms in total. The molecule has 2 rings (SSSR count). The van der Waals surface area contributed by atoms with Crippen LogP contribution in [0.2, 0.25) is 0 Å². The summed E-state index contributed by atoms with van der Waals surface area (Å²) >= 11 is 0. The predicted molar refractivity (Wildman–Crippen MR) is 70.8 cm³/mol. The SMILES string of the molecule is CC(=O)c1ccccc1NC(=O)c1c(F)cccc1F. The van der Waals surface area contributed by atoms with E-state index in [4.69, 9.17) is 0 Å². The van der Waals surface area contributed by atoms with Crippen molar-refractivity contribution in [3.05, 3.63) is 65.2 Å². The Morgan fingerprint density at radius 1 is 0.950 bits per heavy atom. The molecule has 1 amide bonds. The first kappa shape index (κ1) is 13.9. The van der Waals surface area contributed by atoms with Crippen LogP contribution in [0.3, 0.4) is 0 Å². The van der Waals surface area contributed by atoms with E-state index in [9.17, 15) is 18.4 Å². The molecule has 0 heterocycles. The normalized spacial score (nSPS) is 10.2. The molecule has 0 bridgehead atoms. The van der Waals surface area contributed by atoms with Gasteiger partial charge in [0, 0.05) is 5.56 Å². The van der Waals surface area contributed by atoms with Gasteiger partial charge >= 0.3 is 0 Å². The van der Waals surface area contributed by atoms with E-state index in [-0.39, 0.29) is 17.0 Å². The molecule has 20 heavy (non-hydrogen) atoms. The molecule has 0 aromatic heterocycles. The Kier molecular flexibility index (Phi) is 3.89. The zero-order chi connectivity index (χ0) is 14.7. The number of halogens is 2. The summed E-state index contributed by atoms with van der Waals surface area (Å²) in [6, 6.07) is 9.42.